The number of halogens is 1. The zero-order valence-electron chi connectivity index (χ0n) is 15.6. The first-order valence-electron chi connectivity index (χ1n) is 8.67. The number of nitrogens with zero attached hydrogens (tertiary/aromatic N) is 2. The molecule has 1 atom stereocenters. The number of hydrogen-bond donors (Lipinski definition) is 1. The van der Waals surface area contributed by atoms with Crippen molar-refractivity contribution in [3.8, 4) is 5.75 Å². The molecule has 0 spiro atoms. The third-order valence-corrected chi connectivity index (χ3v) is 4.38. The molecule has 0 fully saturated rings. The van der Waals surface area contributed by atoms with Crippen LogP contribution in [0.25, 0.3) is 0 Å². The summed E-state index contributed by atoms with van der Waals surface area (Å²) in [5.41, 5.74) is 2.54. The molecule has 144 valence electrons. The first-order valence-corrected chi connectivity index (χ1v) is 8.67. The van der Waals surface area contributed by atoms with Crippen molar-refractivity contribution in [2.24, 2.45) is 7.05 Å². The molecule has 0 unspecified atom stereocenters. The maximum absolute atomic E-state index is 12.8. The van der Waals surface area contributed by atoms with Crippen molar-refractivity contribution >= 4 is 5.91 Å². The van der Waals surface area contributed by atoms with Crippen LogP contribution in [0.1, 0.15) is 33.2 Å². The lowest BCUT2D eigenvalue weighted by atomic mass is 9.99. The van der Waals surface area contributed by atoms with Gasteiger partial charge in [0.25, 0.3) is 5.91 Å². The van der Waals surface area contributed by atoms with Crippen LogP contribution < -0.4 is 15.6 Å². The summed E-state index contributed by atoms with van der Waals surface area (Å²) in [5.74, 6) is 0.0573. The fourth-order valence-corrected chi connectivity index (χ4v) is 2.87. The Hall–Kier alpha value is -3.48. The van der Waals surface area contributed by atoms with Gasteiger partial charge in [0.1, 0.15) is 5.75 Å². The highest BCUT2D eigenvalue weighted by Crippen LogP contribution is 2.25. The summed E-state index contributed by atoms with van der Waals surface area (Å²) in [7, 11) is 1.59. The van der Waals surface area contributed by atoms with Crippen molar-refractivity contribution in [3.05, 3.63) is 93.7 Å². The molecule has 0 saturated heterocycles. The highest BCUT2D eigenvalue weighted by Gasteiger charge is 2.21. The van der Waals surface area contributed by atoms with Crippen LogP contribution in [0.4, 0.5) is 4.39 Å². The monoisotopic (exact) mass is 381 g/mol. The average Bonchev–Trinajstić information content (AvgIpc) is 2.70. The smallest absolute Gasteiger partial charge is 0.253 e. The molecule has 0 aliphatic rings. The first-order chi connectivity index (χ1) is 13.5. The van der Waals surface area contributed by atoms with Crippen LogP contribution in [0, 0.1) is 6.92 Å². The molecule has 1 N–H and O–H groups in total. The number of carbonyl (C=O) groups excluding carboxylic acids is 1. The second-order valence-electron chi connectivity index (χ2n) is 6.30. The van der Waals surface area contributed by atoms with E-state index in [1.165, 1.54) is 22.9 Å². The lowest BCUT2D eigenvalue weighted by molar-refractivity contribution is 0.0941. The predicted molar refractivity (Wildman–Crippen MR) is 103 cm³/mol. The standard InChI is InChI=1S/C21H20FN3O3/c1-14-4-3-11-23-19(14)20(15-5-8-17(9-6-15)28-13-22)24-21(27)16-7-10-18(26)25(2)12-16/h3-12,20H,13H2,1-2H3,(H,24,27)/t20-/m0/s1. The van der Waals surface area contributed by atoms with E-state index in [0.29, 0.717) is 17.0 Å². The molecule has 28 heavy (non-hydrogen) atoms. The van der Waals surface area contributed by atoms with Gasteiger partial charge in [-0.05, 0) is 42.3 Å². The van der Waals surface area contributed by atoms with E-state index >= 15 is 0 Å². The Labute approximate surface area is 161 Å². The molecule has 2 aromatic heterocycles. The van der Waals surface area contributed by atoms with Gasteiger partial charge < -0.3 is 14.6 Å². The van der Waals surface area contributed by atoms with Gasteiger partial charge in [-0.1, -0.05) is 18.2 Å². The Morgan fingerprint density at radius 3 is 2.61 bits per heavy atom. The number of ether oxygens (including phenoxy) is 1. The van der Waals surface area contributed by atoms with Crippen molar-refractivity contribution in [2.45, 2.75) is 13.0 Å². The lowest BCUT2D eigenvalue weighted by Gasteiger charge is -2.21. The largest absolute Gasteiger partial charge is 0.463 e. The number of hydrogen-bond acceptors (Lipinski definition) is 4. The minimum absolute atomic E-state index is 0.197. The van der Waals surface area contributed by atoms with Crippen molar-refractivity contribution in [1.29, 1.82) is 0 Å². The summed E-state index contributed by atoms with van der Waals surface area (Å²) in [4.78, 5) is 28.8. The number of rotatable bonds is 6. The highest BCUT2D eigenvalue weighted by atomic mass is 19.1. The summed E-state index contributed by atoms with van der Waals surface area (Å²) in [6, 6.07) is 12.8. The number of amides is 1. The van der Waals surface area contributed by atoms with E-state index in [2.05, 4.69) is 10.3 Å². The molecule has 0 aliphatic heterocycles. The van der Waals surface area contributed by atoms with Gasteiger partial charge in [0.2, 0.25) is 12.4 Å². The predicted octanol–water partition coefficient (Wildman–Crippen LogP) is 2.91. The molecular weight excluding hydrogens is 361 g/mol. The summed E-state index contributed by atoms with van der Waals surface area (Å²) in [5, 5.41) is 2.97. The topological polar surface area (TPSA) is 73.2 Å². The van der Waals surface area contributed by atoms with Crippen molar-refractivity contribution in [1.82, 2.24) is 14.9 Å². The number of alkyl halides is 1. The summed E-state index contributed by atoms with van der Waals surface area (Å²) in [6.07, 6.45) is 3.15. The molecular formula is C21H20FN3O3. The second kappa shape index (κ2) is 8.47. The van der Waals surface area contributed by atoms with Gasteiger partial charge in [0, 0.05) is 25.5 Å². The molecule has 0 aliphatic carbocycles. The second-order valence-corrected chi connectivity index (χ2v) is 6.30. The van der Waals surface area contributed by atoms with E-state index in [9.17, 15) is 14.0 Å². The van der Waals surface area contributed by atoms with Crippen LogP contribution in [0.15, 0.2) is 65.7 Å². The fraction of sp³-hybridized carbons (Fsp3) is 0.190. The Morgan fingerprint density at radius 2 is 1.96 bits per heavy atom. The van der Waals surface area contributed by atoms with Crippen LogP contribution in [0.5, 0.6) is 5.75 Å². The van der Waals surface area contributed by atoms with Gasteiger partial charge in [-0.25, -0.2) is 4.39 Å². The molecule has 0 saturated carbocycles. The fourth-order valence-electron chi connectivity index (χ4n) is 2.87. The number of nitrogens with one attached hydrogen (secondary N) is 1. The first kappa shape index (κ1) is 19.3. The van der Waals surface area contributed by atoms with E-state index in [0.717, 1.165) is 11.1 Å². The van der Waals surface area contributed by atoms with Crippen molar-refractivity contribution < 1.29 is 13.9 Å². The van der Waals surface area contributed by atoms with Gasteiger partial charge in [-0.15, -0.1) is 0 Å². The van der Waals surface area contributed by atoms with E-state index in [4.69, 9.17) is 4.74 Å². The van der Waals surface area contributed by atoms with Crippen LogP contribution >= 0.6 is 0 Å². The summed E-state index contributed by atoms with van der Waals surface area (Å²) < 4.78 is 18.6. The average molecular weight is 381 g/mol. The zero-order valence-corrected chi connectivity index (χ0v) is 15.6. The van der Waals surface area contributed by atoms with Crippen molar-refractivity contribution in [2.75, 3.05) is 6.86 Å². The molecule has 0 bridgehead atoms. The SMILES string of the molecule is Cc1cccnc1[C@@H](NC(=O)c1ccc(=O)n(C)c1)c1ccc(OCF)cc1. The number of benzene rings is 1. The van der Waals surface area contributed by atoms with E-state index in [-0.39, 0.29) is 11.5 Å². The van der Waals surface area contributed by atoms with Gasteiger partial charge in [0.15, 0.2) is 0 Å². The zero-order chi connectivity index (χ0) is 20.1. The highest BCUT2D eigenvalue weighted by molar-refractivity contribution is 5.94. The molecule has 6 nitrogen and oxygen atoms in total. The molecule has 1 amide bonds. The Bertz CT molecular complexity index is 1030. The van der Waals surface area contributed by atoms with Crippen LogP contribution in [-0.2, 0) is 7.05 Å². The maximum Gasteiger partial charge on any atom is 0.253 e. The number of carbonyl (C=O) groups is 1. The van der Waals surface area contributed by atoms with Crippen LogP contribution in [0.2, 0.25) is 0 Å². The number of pyridine rings is 2. The van der Waals surface area contributed by atoms with Crippen molar-refractivity contribution in [3.63, 3.8) is 0 Å². The van der Waals surface area contributed by atoms with Gasteiger partial charge >= 0.3 is 0 Å². The molecule has 3 aromatic rings. The van der Waals surface area contributed by atoms with E-state index < -0.39 is 12.9 Å². The minimum Gasteiger partial charge on any atom is -0.463 e. The molecule has 2 heterocycles. The van der Waals surface area contributed by atoms with E-state index in [1.807, 2.05) is 19.1 Å². The normalized spacial score (nSPS) is 11.7. The molecule has 7 heteroatoms. The maximum atomic E-state index is 12.8. The Balaban J connectivity index is 1.96. The lowest BCUT2D eigenvalue weighted by Crippen LogP contribution is -2.31. The number of aryl methyl sites for hydroxylation is 2. The molecule has 0 radical (unpaired) electrons. The minimum atomic E-state index is -0.911. The third-order valence-electron chi connectivity index (χ3n) is 4.38. The Morgan fingerprint density at radius 1 is 1.21 bits per heavy atom. The summed E-state index contributed by atoms with van der Waals surface area (Å²) in [6.45, 7) is 1.000. The molecule has 1 aromatic carbocycles. The number of aromatic nitrogens is 2. The van der Waals surface area contributed by atoms with Gasteiger partial charge in [0.05, 0.1) is 17.3 Å². The van der Waals surface area contributed by atoms with Crippen LogP contribution in [-0.4, -0.2) is 22.3 Å². The van der Waals surface area contributed by atoms with E-state index in [1.54, 1.807) is 37.5 Å². The third kappa shape index (κ3) is 4.25. The van der Waals surface area contributed by atoms with Gasteiger partial charge in [-0.3, -0.25) is 14.6 Å². The van der Waals surface area contributed by atoms with Crippen LogP contribution in [0.3, 0.4) is 0 Å². The Kier molecular flexibility index (Phi) is 5.84. The quantitative estimate of drug-likeness (QED) is 0.713. The van der Waals surface area contributed by atoms with Gasteiger partial charge in [-0.2, -0.15) is 0 Å². The summed E-state index contributed by atoms with van der Waals surface area (Å²) >= 11 is 0. The molecule has 3 rings (SSSR count).